The predicted molar refractivity (Wildman–Crippen MR) is 81.8 cm³/mol. The molecular formula is C15H11FN2O3S. The average molecular weight is 318 g/mol. The summed E-state index contributed by atoms with van der Waals surface area (Å²) in [6, 6.07) is 8.83. The van der Waals surface area contributed by atoms with Crippen LogP contribution in [0.4, 0.5) is 10.1 Å². The van der Waals surface area contributed by atoms with Crippen molar-refractivity contribution in [1.82, 2.24) is 4.57 Å². The van der Waals surface area contributed by atoms with E-state index in [0.29, 0.717) is 11.2 Å². The van der Waals surface area contributed by atoms with Crippen LogP contribution in [0.25, 0.3) is 10.2 Å². The summed E-state index contributed by atoms with van der Waals surface area (Å²) in [4.78, 5) is 23.4. The quantitative estimate of drug-likeness (QED) is 0.776. The molecule has 2 N–H and O–H groups in total. The third-order valence-corrected chi connectivity index (χ3v) is 4.01. The molecule has 2 aromatic heterocycles. The summed E-state index contributed by atoms with van der Waals surface area (Å²) in [5.74, 6) is -1.97. The van der Waals surface area contributed by atoms with Crippen molar-refractivity contribution in [2.75, 3.05) is 5.32 Å². The molecule has 0 aliphatic rings. The van der Waals surface area contributed by atoms with Crippen LogP contribution < -0.4 is 5.32 Å². The molecular weight excluding hydrogens is 307 g/mol. The van der Waals surface area contributed by atoms with Gasteiger partial charge in [-0.2, -0.15) is 0 Å². The molecule has 0 unspecified atom stereocenters. The lowest BCUT2D eigenvalue weighted by Gasteiger charge is -2.09. The number of carbonyl (C=O) groups excluding carboxylic acids is 1. The number of halogens is 1. The van der Waals surface area contributed by atoms with Crippen molar-refractivity contribution in [3.8, 4) is 0 Å². The number of aromatic nitrogens is 1. The molecule has 0 saturated heterocycles. The molecule has 3 rings (SSSR count). The summed E-state index contributed by atoms with van der Waals surface area (Å²) >= 11 is 1.41. The van der Waals surface area contributed by atoms with Crippen LogP contribution in [-0.4, -0.2) is 21.6 Å². The zero-order valence-corrected chi connectivity index (χ0v) is 12.1. The van der Waals surface area contributed by atoms with Crippen molar-refractivity contribution < 1.29 is 19.1 Å². The van der Waals surface area contributed by atoms with Crippen molar-refractivity contribution in [2.24, 2.45) is 0 Å². The lowest BCUT2D eigenvalue weighted by atomic mass is 10.3. The van der Waals surface area contributed by atoms with E-state index in [0.717, 1.165) is 4.70 Å². The van der Waals surface area contributed by atoms with Gasteiger partial charge in [-0.3, -0.25) is 4.79 Å². The maximum Gasteiger partial charge on any atom is 0.352 e. The molecule has 22 heavy (non-hydrogen) atoms. The monoisotopic (exact) mass is 318 g/mol. The molecule has 1 aromatic carbocycles. The number of thiophene rings is 1. The van der Waals surface area contributed by atoms with Crippen molar-refractivity contribution in [3.63, 3.8) is 0 Å². The molecule has 0 spiro atoms. The first-order valence-electron chi connectivity index (χ1n) is 6.40. The second-order valence-electron chi connectivity index (χ2n) is 4.65. The molecule has 0 atom stereocenters. The lowest BCUT2D eigenvalue weighted by Crippen LogP contribution is -2.21. The Hall–Kier alpha value is -2.67. The molecule has 0 radical (unpaired) electrons. The highest BCUT2D eigenvalue weighted by atomic mass is 32.1. The number of aromatic carboxylic acids is 1. The maximum atomic E-state index is 13.1. The van der Waals surface area contributed by atoms with E-state index in [1.807, 2.05) is 5.38 Å². The van der Waals surface area contributed by atoms with E-state index in [-0.39, 0.29) is 12.2 Å². The Balaban J connectivity index is 1.86. The zero-order valence-electron chi connectivity index (χ0n) is 11.2. The topological polar surface area (TPSA) is 71.3 Å². The van der Waals surface area contributed by atoms with Gasteiger partial charge >= 0.3 is 5.97 Å². The van der Waals surface area contributed by atoms with Crippen LogP contribution in [-0.2, 0) is 11.3 Å². The predicted octanol–water partition coefficient (Wildman–Crippen LogP) is 3.18. The van der Waals surface area contributed by atoms with Gasteiger partial charge in [-0.25, -0.2) is 9.18 Å². The first-order chi connectivity index (χ1) is 10.5. The molecule has 0 fully saturated rings. The number of amides is 1. The van der Waals surface area contributed by atoms with Crippen LogP contribution in [0, 0.1) is 5.82 Å². The van der Waals surface area contributed by atoms with Gasteiger partial charge in [0.05, 0.1) is 10.2 Å². The molecule has 112 valence electrons. The van der Waals surface area contributed by atoms with Gasteiger partial charge in [-0.15, -0.1) is 11.3 Å². The molecule has 5 nitrogen and oxygen atoms in total. The fraction of sp³-hybridized carbons (Fsp3) is 0.0667. The molecule has 1 amide bonds. The van der Waals surface area contributed by atoms with E-state index >= 15 is 0 Å². The SMILES string of the molecule is O=C(Cn1c(C(=O)O)cc2sccc21)Nc1cccc(F)c1. The van der Waals surface area contributed by atoms with Gasteiger partial charge in [-0.1, -0.05) is 6.07 Å². The number of anilines is 1. The van der Waals surface area contributed by atoms with E-state index < -0.39 is 17.7 Å². The molecule has 0 aliphatic carbocycles. The Morgan fingerprint density at radius 3 is 2.82 bits per heavy atom. The third-order valence-electron chi connectivity index (χ3n) is 3.15. The number of hydrogen-bond acceptors (Lipinski definition) is 3. The van der Waals surface area contributed by atoms with Gasteiger partial charge in [-0.05, 0) is 35.7 Å². The Morgan fingerprint density at radius 2 is 2.09 bits per heavy atom. The number of rotatable bonds is 4. The first kappa shape index (κ1) is 14.3. The minimum atomic E-state index is -1.10. The largest absolute Gasteiger partial charge is 0.477 e. The highest BCUT2D eigenvalue weighted by Gasteiger charge is 2.17. The lowest BCUT2D eigenvalue weighted by molar-refractivity contribution is -0.116. The standard InChI is InChI=1S/C15H11FN2O3S/c16-9-2-1-3-10(6-9)17-14(19)8-18-11-4-5-22-13(11)7-12(18)15(20)21/h1-7H,8H2,(H,17,19)(H,20,21). The van der Waals surface area contributed by atoms with Gasteiger partial charge in [0, 0.05) is 5.69 Å². The summed E-state index contributed by atoms with van der Waals surface area (Å²) in [5, 5.41) is 13.6. The van der Waals surface area contributed by atoms with Gasteiger partial charge < -0.3 is 15.0 Å². The van der Waals surface area contributed by atoms with Crippen molar-refractivity contribution in [2.45, 2.75) is 6.54 Å². The van der Waals surface area contributed by atoms with Crippen LogP contribution >= 0.6 is 11.3 Å². The van der Waals surface area contributed by atoms with Crippen LogP contribution in [0.2, 0.25) is 0 Å². The summed E-state index contributed by atoms with van der Waals surface area (Å²) in [6.45, 7) is -0.154. The van der Waals surface area contributed by atoms with Crippen LogP contribution in [0.3, 0.4) is 0 Å². The van der Waals surface area contributed by atoms with Crippen LogP contribution in [0.15, 0.2) is 41.8 Å². The van der Waals surface area contributed by atoms with E-state index in [2.05, 4.69) is 5.32 Å². The number of nitrogens with one attached hydrogen (secondary N) is 1. The maximum absolute atomic E-state index is 13.1. The Labute approximate surface area is 128 Å². The minimum Gasteiger partial charge on any atom is -0.477 e. The number of hydrogen-bond donors (Lipinski definition) is 2. The second-order valence-corrected chi connectivity index (χ2v) is 5.60. The van der Waals surface area contributed by atoms with Gasteiger partial charge in [0.25, 0.3) is 0 Å². The van der Waals surface area contributed by atoms with Crippen LogP contribution in [0.1, 0.15) is 10.5 Å². The van der Waals surface area contributed by atoms with Crippen molar-refractivity contribution in [3.05, 3.63) is 53.3 Å². The number of fused-ring (bicyclic) bond motifs is 1. The molecule has 7 heteroatoms. The first-order valence-corrected chi connectivity index (χ1v) is 7.28. The normalized spacial score (nSPS) is 10.8. The Morgan fingerprint density at radius 1 is 1.27 bits per heavy atom. The highest BCUT2D eigenvalue weighted by Crippen LogP contribution is 2.25. The van der Waals surface area contributed by atoms with Crippen molar-refractivity contribution >= 4 is 39.1 Å². The molecule has 2 heterocycles. The number of nitrogens with zero attached hydrogens (tertiary/aromatic N) is 1. The number of carbonyl (C=O) groups is 2. The van der Waals surface area contributed by atoms with E-state index in [1.54, 1.807) is 12.1 Å². The van der Waals surface area contributed by atoms with E-state index in [9.17, 15) is 19.1 Å². The summed E-state index contributed by atoms with van der Waals surface area (Å²) in [6.07, 6.45) is 0. The molecule has 0 bridgehead atoms. The molecule has 0 aliphatic heterocycles. The Kier molecular flexibility index (Phi) is 3.64. The zero-order chi connectivity index (χ0) is 15.7. The smallest absolute Gasteiger partial charge is 0.352 e. The summed E-state index contributed by atoms with van der Waals surface area (Å²) < 4.78 is 15.3. The van der Waals surface area contributed by atoms with Gasteiger partial charge in [0.15, 0.2) is 0 Å². The van der Waals surface area contributed by atoms with E-state index in [1.165, 1.54) is 40.2 Å². The summed E-state index contributed by atoms with van der Waals surface area (Å²) in [7, 11) is 0. The summed E-state index contributed by atoms with van der Waals surface area (Å²) in [5.41, 5.74) is 1.07. The van der Waals surface area contributed by atoms with E-state index in [4.69, 9.17) is 0 Å². The number of carboxylic acids is 1. The minimum absolute atomic E-state index is 0.0521. The third kappa shape index (κ3) is 2.71. The number of carboxylic acid groups (broad SMARTS) is 1. The van der Waals surface area contributed by atoms with Crippen LogP contribution in [0.5, 0.6) is 0 Å². The second kappa shape index (κ2) is 5.61. The van der Waals surface area contributed by atoms with Gasteiger partial charge in [0.2, 0.25) is 5.91 Å². The average Bonchev–Trinajstić information content (AvgIpc) is 3.01. The molecule has 3 aromatic rings. The molecule has 0 saturated carbocycles. The highest BCUT2D eigenvalue weighted by molar-refractivity contribution is 7.17. The number of benzene rings is 1. The van der Waals surface area contributed by atoms with Gasteiger partial charge in [0.1, 0.15) is 18.1 Å². The fourth-order valence-electron chi connectivity index (χ4n) is 2.23. The Bertz CT molecular complexity index is 869. The fourth-order valence-corrected chi connectivity index (χ4v) is 3.06. The van der Waals surface area contributed by atoms with Crippen molar-refractivity contribution in [1.29, 1.82) is 0 Å².